The largest absolute Gasteiger partial charge is 0.411 e. The lowest BCUT2D eigenvalue weighted by Gasteiger charge is -1.75. The molecule has 0 bridgehead atoms. The van der Waals surface area contributed by atoms with Crippen LogP contribution >= 0.6 is 0 Å². The third-order valence-electron chi connectivity index (χ3n) is 0.340. The van der Waals surface area contributed by atoms with E-state index in [0.717, 1.165) is 0 Å². The zero-order chi connectivity index (χ0) is 4.83. The molecule has 3 nitrogen and oxygen atoms in total. The summed E-state index contributed by atoms with van der Waals surface area (Å²) in [7, 11) is 0. The van der Waals surface area contributed by atoms with Gasteiger partial charge in [-0.3, -0.25) is 0 Å². The zero-order valence-electron chi connectivity index (χ0n) is 3.33. The first-order valence-electron chi connectivity index (χ1n) is 1.68. The van der Waals surface area contributed by atoms with Gasteiger partial charge in [0.15, 0.2) is 0 Å². The Balaban J connectivity index is 2.66. The molecule has 0 aliphatic heterocycles. The van der Waals surface area contributed by atoms with E-state index in [9.17, 15) is 0 Å². The van der Waals surface area contributed by atoms with Crippen LogP contribution in [-0.4, -0.2) is 23.1 Å². The Morgan fingerprint density at radius 3 is 2.50 bits per heavy atom. The molecule has 0 fully saturated rings. The Morgan fingerprint density at radius 1 is 1.67 bits per heavy atom. The van der Waals surface area contributed by atoms with Crippen molar-refractivity contribution in [1.82, 2.24) is 0 Å². The fourth-order valence-corrected chi connectivity index (χ4v) is 0.115. The second kappa shape index (κ2) is 4.43. The quantitative estimate of drug-likeness (QED) is 0.280. The lowest BCUT2D eigenvalue weighted by atomic mass is 10.5. The van der Waals surface area contributed by atoms with Crippen molar-refractivity contribution in [2.45, 2.75) is 6.42 Å². The van der Waals surface area contributed by atoms with Crippen LogP contribution in [-0.2, 0) is 0 Å². The van der Waals surface area contributed by atoms with E-state index in [0.29, 0.717) is 6.42 Å². The van der Waals surface area contributed by atoms with E-state index in [1.54, 1.807) is 0 Å². The van der Waals surface area contributed by atoms with Crippen LogP contribution in [0.2, 0.25) is 0 Å². The summed E-state index contributed by atoms with van der Waals surface area (Å²) < 4.78 is 0. The first-order chi connectivity index (χ1) is 2.91. The van der Waals surface area contributed by atoms with Gasteiger partial charge in [-0.2, -0.15) is 0 Å². The van der Waals surface area contributed by atoms with Crippen molar-refractivity contribution >= 4 is 6.21 Å². The third-order valence-corrected chi connectivity index (χ3v) is 0.340. The Morgan fingerprint density at radius 2 is 2.33 bits per heavy atom. The first-order valence-corrected chi connectivity index (χ1v) is 1.68. The minimum atomic E-state index is 0.0457. The van der Waals surface area contributed by atoms with Crippen molar-refractivity contribution in [1.29, 1.82) is 0 Å². The summed E-state index contributed by atoms with van der Waals surface area (Å²) in [5, 5.41) is 18.3. The predicted molar refractivity (Wildman–Crippen MR) is 22.0 cm³/mol. The van der Waals surface area contributed by atoms with Gasteiger partial charge in [-0.05, 0) is 0 Å². The smallest absolute Gasteiger partial charge is 0.0481 e. The summed E-state index contributed by atoms with van der Waals surface area (Å²) in [6.45, 7) is 0.0457. The molecule has 0 unspecified atom stereocenters. The average molecular weight is 89.1 g/mol. The van der Waals surface area contributed by atoms with Gasteiger partial charge in [0.2, 0.25) is 0 Å². The van der Waals surface area contributed by atoms with Gasteiger partial charge < -0.3 is 10.3 Å². The normalized spacial score (nSPS) is 10.2. The number of aliphatic hydroxyl groups is 1. The van der Waals surface area contributed by atoms with Gasteiger partial charge >= 0.3 is 0 Å². The van der Waals surface area contributed by atoms with Crippen molar-refractivity contribution in [3.8, 4) is 0 Å². The zero-order valence-corrected chi connectivity index (χ0v) is 3.33. The van der Waals surface area contributed by atoms with Gasteiger partial charge in [-0.25, -0.2) is 0 Å². The highest BCUT2D eigenvalue weighted by Gasteiger charge is 1.68. The van der Waals surface area contributed by atoms with Gasteiger partial charge in [-0.15, -0.1) is 5.16 Å². The van der Waals surface area contributed by atoms with Crippen LogP contribution in [0.3, 0.4) is 0 Å². The van der Waals surface area contributed by atoms with Gasteiger partial charge in [0, 0.05) is 19.2 Å². The van der Waals surface area contributed by atoms with Crippen LogP contribution in [0.4, 0.5) is 0 Å². The highest BCUT2D eigenvalue weighted by atomic mass is 16.4. The van der Waals surface area contributed by atoms with Gasteiger partial charge in [0.1, 0.15) is 0 Å². The second-order valence-corrected chi connectivity index (χ2v) is 0.810. The number of aliphatic hydroxyl groups excluding tert-OH is 1. The summed E-state index contributed by atoms with van der Waals surface area (Å²) >= 11 is 0. The molecule has 0 saturated heterocycles. The number of hydrogen-bond donors (Lipinski definition) is 2. The fourth-order valence-electron chi connectivity index (χ4n) is 0.115. The molecule has 0 aromatic carbocycles. The molecule has 0 rings (SSSR count). The number of hydrogen-bond acceptors (Lipinski definition) is 3. The van der Waals surface area contributed by atoms with Crippen LogP contribution < -0.4 is 0 Å². The van der Waals surface area contributed by atoms with E-state index in [-0.39, 0.29) is 6.61 Å². The maximum atomic E-state index is 8.00. The number of rotatable bonds is 2. The maximum Gasteiger partial charge on any atom is 0.0481 e. The molecular weight excluding hydrogens is 82.0 g/mol. The summed E-state index contributed by atoms with van der Waals surface area (Å²) in [5.74, 6) is 0. The summed E-state index contributed by atoms with van der Waals surface area (Å²) in [6.07, 6.45) is 1.66. The van der Waals surface area contributed by atoms with E-state index in [1.165, 1.54) is 6.21 Å². The van der Waals surface area contributed by atoms with E-state index >= 15 is 0 Å². The Labute approximate surface area is 35.9 Å². The molecule has 0 radical (unpaired) electrons. The lowest BCUT2D eigenvalue weighted by Crippen LogP contribution is -1.80. The van der Waals surface area contributed by atoms with Crippen molar-refractivity contribution in [3.05, 3.63) is 0 Å². The number of nitrogens with zero attached hydrogens (tertiary/aromatic N) is 1. The van der Waals surface area contributed by atoms with Crippen LogP contribution in [0.5, 0.6) is 0 Å². The summed E-state index contributed by atoms with van der Waals surface area (Å²) in [6, 6.07) is 0. The van der Waals surface area contributed by atoms with Crippen molar-refractivity contribution in [3.63, 3.8) is 0 Å². The Hall–Kier alpha value is -0.570. The molecule has 0 amide bonds. The molecule has 0 atom stereocenters. The van der Waals surface area contributed by atoms with Crippen LogP contribution in [0.1, 0.15) is 6.42 Å². The Kier molecular flexibility index (Phi) is 4.01. The van der Waals surface area contributed by atoms with Crippen LogP contribution in [0, 0.1) is 0 Å². The molecule has 0 aromatic rings. The van der Waals surface area contributed by atoms with Crippen molar-refractivity contribution in [2.75, 3.05) is 6.61 Å². The molecule has 36 valence electrons. The minimum absolute atomic E-state index is 0.0457. The minimum Gasteiger partial charge on any atom is -0.411 e. The van der Waals surface area contributed by atoms with Crippen molar-refractivity contribution < 1.29 is 10.3 Å². The predicted octanol–water partition coefficient (Wildman–Crippen LogP) is -0.171. The molecular formula is C3H7NO2. The molecule has 0 saturated carbocycles. The molecule has 0 aliphatic rings. The number of oxime groups is 1. The Bertz CT molecular complexity index is 44.1. The van der Waals surface area contributed by atoms with Crippen LogP contribution in [0.15, 0.2) is 5.16 Å². The van der Waals surface area contributed by atoms with Gasteiger partial charge in [0.25, 0.3) is 0 Å². The lowest BCUT2D eigenvalue weighted by molar-refractivity contribution is 0.298. The maximum absolute atomic E-state index is 8.00. The summed E-state index contributed by atoms with van der Waals surface area (Å²) in [5.41, 5.74) is 0. The third kappa shape index (κ3) is 3.43. The molecule has 0 heterocycles. The van der Waals surface area contributed by atoms with E-state index < -0.39 is 0 Å². The van der Waals surface area contributed by atoms with E-state index in [2.05, 4.69) is 5.16 Å². The van der Waals surface area contributed by atoms with E-state index in [1.807, 2.05) is 0 Å². The standard InChI is InChI=1S/C3H7NO2/c5-3-1-2-4-6/h2,5-6H,1,3H2. The highest BCUT2D eigenvalue weighted by Crippen LogP contribution is 1.64. The average Bonchev–Trinajstić information content (AvgIpc) is 1.61. The first kappa shape index (κ1) is 5.43. The molecule has 3 heteroatoms. The van der Waals surface area contributed by atoms with Gasteiger partial charge in [0.05, 0.1) is 0 Å². The van der Waals surface area contributed by atoms with E-state index in [4.69, 9.17) is 10.3 Å². The summed E-state index contributed by atoms with van der Waals surface area (Å²) in [4.78, 5) is 0. The molecule has 0 aliphatic carbocycles. The monoisotopic (exact) mass is 89.0 g/mol. The molecule has 0 spiro atoms. The molecule has 2 N–H and O–H groups in total. The fraction of sp³-hybridized carbons (Fsp3) is 0.667. The topological polar surface area (TPSA) is 52.8 Å². The molecule has 0 aromatic heterocycles. The highest BCUT2D eigenvalue weighted by molar-refractivity contribution is 5.55. The SMILES string of the molecule is OCCC=NO. The van der Waals surface area contributed by atoms with Crippen molar-refractivity contribution in [2.24, 2.45) is 5.16 Å². The molecule has 6 heavy (non-hydrogen) atoms. The van der Waals surface area contributed by atoms with Gasteiger partial charge in [-0.1, -0.05) is 0 Å². The van der Waals surface area contributed by atoms with Crippen LogP contribution in [0.25, 0.3) is 0 Å². The second-order valence-electron chi connectivity index (χ2n) is 0.810.